The second kappa shape index (κ2) is 5.72. The molecule has 0 heterocycles. The molecule has 0 aliphatic heterocycles. The predicted octanol–water partition coefficient (Wildman–Crippen LogP) is 3.48. The zero-order chi connectivity index (χ0) is 14.7. The summed E-state index contributed by atoms with van der Waals surface area (Å²) in [5, 5.41) is 8.95. The van der Waals surface area contributed by atoms with Gasteiger partial charge in [-0.2, -0.15) is 5.26 Å². The van der Waals surface area contributed by atoms with E-state index in [1.165, 1.54) is 6.07 Å². The summed E-state index contributed by atoms with van der Waals surface area (Å²) in [6, 6.07) is 13.7. The highest BCUT2D eigenvalue weighted by atomic mass is 19.1. The molecule has 3 nitrogen and oxygen atoms in total. The van der Waals surface area contributed by atoms with Crippen LogP contribution in [0.5, 0.6) is 0 Å². The van der Waals surface area contributed by atoms with Gasteiger partial charge in [-0.05, 0) is 37.3 Å². The fraction of sp³-hybridized carbons (Fsp3) is 0.188. The molecule has 4 heteroatoms. The third-order valence-corrected chi connectivity index (χ3v) is 3.21. The summed E-state index contributed by atoms with van der Waals surface area (Å²) in [4.78, 5) is 1.84. The lowest BCUT2D eigenvalue weighted by Gasteiger charge is -2.24. The normalized spacial score (nSPS) is 11.8. The Kier molecular flexibility index (Phi) is 4.02. The lowest BCUT2D eigenvalue weighted by atomic mass is 10.0. The summed E-state index contributed by atoms with van der Waals surface area (Å²) in [6.07, 6.45) is 0. The zero-order valence-electron chi connectivity index (χ0n) is 11.5. The smallest absolute Gasteiger partial charge is 0.130 e. The van der Waals surface area contributed by atoms with Crippen molar-refractivity contribution >= 4 is 11.4 Å². The zero-order valence-corrected chi connectivity index (χ0v) is 11.5. The van der Waals surface area contributed by atoms with Crippen molar-refractivity contribution in [3.8, 4) is 6.07 Å². The molecular formula is C16H16FN3. The monoisotopic (exact) mass is 269 g/mol. The molecule has 2 aromatic carbocycles. The molecule has 0 aliphatic rings. The number of rotatable bonds is 3. The van der Waals surface area contributed by atoms with Gasteiger partial charge in [-0.3, -0.25) is 0 Å². The highest BCUT2D eigenvalue weighted by Crippen LogP contribution is 2.32. The molecule has 0 aliphatic carbocycles. The van der Waals surface area contributed by atoms with E-state index in [1.54, 1.807) is 31.2 Å². The number of hydrogen-bond acceptors (Lipinski definition) is 3. The fourth-order valence-electron chi connectivity index (χ4n) is 2.19. The molecular weight excluding hydrogens is 253 g/mol. The van der Waals surface area contributed by atoms with Crippen molar-refractivity contribution in [2.75, 3.05) is 11.9 Å². The number of benzene rings is 2. The van der Waals surface area contributed by atoms with Crippen molar-refractivity contribution in [3.63, 3.8) is 0 Å². The van der Waals surface area contributed by atoms with Gasteiger partial charge in [0.15, 0.2) is 0 Å². The van der Waals surface area contributed by atoms with Crippen LogP contribution < -0.4 is 10.6 Å². The average molecular weight is 269 g/mol. The second-order valence-electron chi connectivity index (χ2n) is 4.68. The van der Waals surface area contributed by atoms with E-state index in [0.717, 1.165) is 5.69 Å². The van der Waals surface area contributed by atoms with Crippen molar-refractivity contribution in [1.82, 2.24) is 0 Å². The van der Waals surface area contributed by atoms with Gasteiger partial charge in [0.1, 0.15) is 5.82 Å². The van der Waals surface area contributed by atoms with Gasteiger partial charge >= 0.3 is 0 Å². The molecule has 0 unspecified atom stereocenters. The van der Waals surface area contributed by atoms with Crippen LogP contribution in [-0.2, 0) is 0 Å². The van der Waals surface area contributed by atoms with E-state index in [0.29, 0.717) is 16.8 Å². The molecule has 0 radical (unpaired) electrons. The average Bonchev–Trinajstić information content (AvgIpc) is 2.45. The number of hydrogen-bond donors (Lipinski definition) is 1. The van der Waals surface area contributed by atoms with Crippen molar-refractivity contribution in [2.24, 2.45) is 5.73 Å². The number of halogens is 1. The van der Waals surface area contributed by atoms with E-state index < -0.39 is 6.04 Å². The Hall–Kier alpha value is -2.38. The quantitative estimate of drug-likeness (QED) is 0.928. The molecule has 0 saturated heterocycles. The number of nitrogens with two attached hydrogens (primary N) is 1. The van der Waals surface area contributed by atoms with Crippen LogP contribution in [0.4, 0.5) is 15.8 Å². The number of anilines is 2. The van der Waals surface area contributed by atoms with Gasteiger partial charge in [-0.25, -0.2) is 4.39 Å². The van der Waals surface area contributed by atoms with Gasteiger partial charge in [-0.15, -0.1) is 0 Å². The summed E-state index contributed by atoms with van der Waals surface area (Å²) < 4.78 is 14.0. The molecule has 0 amide bonds. The van der Waals surface area contributed by atoms with Gasteiger partial charge in [0, 0.05) is 30.0 Å². The third-order valence-electron chi connectivity index (χ3n) is 3.21. The van der Waals surface area contributed by atoms with Crippen molar-refractivity contribution in [3.05, 3.63) is 59.4 Å². The van der Waals surface area contributed by atoms with Gasteiger partial charge in [0.05, 0.1) is 11.6 Å². The molecule has 102 valence electrons. The molecule has 0 fully saturated rings. The summed E-state index contributed by atoms with van der Waals surface area (Å²) in [5.41, 5.74) is 8.42. The Bertz CT molecular complexity index is 659. The van der Waals surface area contributed by atoms with E-state index in [2.05, 4.69) is 6.07 Å². The fourth-order valence-corrected chi connectivity index (χ4v) is 2.19. The lowest BCUT2D eigenvalue weighted by molar-refractivity contribution is 0.594. The first-order valence-electron chi connectivity index (χ1n) is 6.32. The van der Waals surface area contributed by atoms with E-state index in [9.17, 15) is 4.39 Å². The van der Waals surface area contributed by atoms with E-state index in [4.69, 9.17) is 11.0 Å². The second-order valence-corrected chi connectivity index (χ2v) is 4.68. The van der Waals surface area contributed by atoms with Gasteiger partial charge < -0.3 is 10.6 Å². The molecule has 2 N–H and O–H groups in total. The Morgan fingerprint density at radius 3 is 2.60 bits per heavy atom. The van der Waals surface area contributed by atoms with Crippen LogP contribution in [0.2, 0.25) is 0 Å². The maximum Gasteiger partial charge on any atom is 0.130 e. The lowest BCUT2D eigenvalue weighted by Crippen LogP contribution is -2.17. The van der Waals surface area contributed by atoms with Crippen molar-refractivity contribution in [1.29, 1.82) is 5.26 Å². The maximum absolute atomic E-state index is 14.0. The van der Waals surface area contributed by atoms with E-state index >= 15 is 0 Å². The Balaban J connectivity index is 2.51. The number of nitrogens with zero attached hydrogens (tertiary/aromatic N) is 2. The summed E-state index contributed by atoms with van der Waals surface area (Å²) in [5.74, 6) is -0.319. The summed E-state index contributed by atoms with van der Waals surface area (Å²) in [6.45, 7) is 1.75. The SMILES string of the molecule is C[C@@H](N)c1c(F)cccc1N(C)c1cccc(C#N)c1. The number of nitriles is 1. The minimum atomic E-state index is -0.409. The molecule has 20 heavy (non-hydrogen) atoms. The third kappa shape index (κ3) is 2.63. The first kappa shape index (κ1) is 14.0. The summed E-state index contributed by atoms with van der Waals surface area (Å²) >= 11 is 0. The van der Waals surface area contributed by atoms with Crippen LogP contribution in [0.15, 0.2) is 42.5 Å². The predicted molar refractivity (Wildman–Crippen MR) is 78.2 cm³/mol. The minimum absolute atomic E-state index is 0.319. The molecule has 0 bridgehead atoms. The first-order chi connectivity index (χ1) is 9.54. The van der Waals surface area contributed by atoms with Crippen molar-refractivity contribution in [2.45, 2.75) is 13.0 Å². The Morgan fingerprint density at radius 1 is 1.25 bits per heavy atom. The summed E-state index contributed by atoms with van der Waals surface area (Å²) in [7, 11) is 1.83. The Labute approximate surface area is 118 Å². The largest absolute Gasteiger partial charge is 0.344 e. The standard InChI is InChI=1S/C16H16FN3/c1-11(19)16-14(17)7-4-8-15(16)20(2)13-6-3-5-12(9-13)10-18/h3-9,11H,19H2,1-2H3/t11-/m1/s1. The van der Waals surface area contributed by atoms with Crippen LogP contribution in [0.25, 0.3) is 0 Å². The van der Waals surface area contributed by atoms with Crippen LogP contribution in [0.1, 0.15) is 24.1 Å². The van der Waals surface area contributed by atoms with Crippen LogP contribution in [0.3, 0.4) is 0 Å². The topological polar surface area (TPSA) is 53.0 Å². The van der Waals surface area contributed by atoms with Crippen LogP contribution in [0, 0.1) is 17.1 Å². The molecule has 2 aromatic rings. The van der Waals surface area contributed by atoms with Gasteiger partial charge in [-0.1, -0.05) is 12.1 Å². The van der Waals surface area contributed by atoms with Gasteiger partial charge in [0.2, 0.25) is 0 Å². The molecule has 0 spiro atoms. The first-order valence-corrected chi connectivity index (χ1v) is 6.32. The molecule has 1 atom stereocenters. The minimum Gasteiger partial charge on any atom is -0.344 e. The highest BCUT2D eigenvalue weighted by molar-refractivity contribution is 5.67. The highest BCUT2D eigenvalue weighted by Gasteiger charge is 2.16. The van der Waals surface area contributed by atoms with Crippen LogP contribution >= 0.6 is 0 Å². The maximum atomic E-state index is 14.0. The van der Waals surface area contributed by atoms with Crippen molar-refractivity contribution < 1.29 is 4.39 Å². The van der Waals surface area contributed by atoms with E-state index in [1.807, 2.05) is 24.1 Å². The van der Waals surface area contributed by atoms with Gasteiger partial charge in [0.25, 0.3) is 0 Å². The molecule has 0 aromatic heterocycles. The molecule has 0 saturated carbocycles. The molecule has 2 rings (SSSR count). The van der Waals surface area contributed by atoms with Crippen LogP contribution in [-0.4, -0.2) is 7.05 Å². The van der Waals surface area contributed by atoms with E-state index in [-0.39, 0.29) is 5.82 Å². The Morgan fingerprint density at radius 2 is 1.95 bits per heavy atom.